The molecule has 3 heterocycles. The molecule has 1 aliphatic carbocycles. The van der Waals surface area contributed by atoms with Crippen LogP contribution in [-0.4, -0.2) is 54.4 Å². The lowest BCUT2D eigenvalue weighted by Gasteiger charge is -2.26. The molecule has 1 saturated heterocycles. The number of ether oxygens (including phenoxy) is 2. The third-order valence-electron chi connectivity index (χ3n) is 8.26. The lowest BCUT2D eigenvalue weighted by atomic mass is 9.91. The number of nitrogens with one attached hydrogen (secondary N) is 2. The normalized spacial score (nSPS) is 22.2. The van der Waals surface area contributed by atoms with Crippen LogP contribution in [0.15, 0.2) is 60.7 Å². The van der Waals surface area contributed by atoms with E-state index in [1.807, 2.05) is 18.2 Å². The Labute approximate surface area is 233 Å². The molecule has 3 aromatic carbocycles. The molecule has 1 amide bonds. The van der Waals surface area contributed by atoms with E-state index in [1.54, 1.807) is 7.11 Å². The van der Waals surface area contributed by atoms with Crippen LogP contribution in [0.2, 0.25) is 0 Å². The van der Waals surface area contributed by atoms with Crippen LogP contribution < -0.4 is 10.1 Å². The van der Waals surface area contributed by atoms with Crippen molar-refractivity contribution in [1.82, 2.24) is 15.1 Å². The minimum Gasteiger partial charge on any atom is -0.497 e. The fourth-order valence-electron chi connectivity index (χ4n) is 6.03. The zero-order chi connectivity index (χ0) is 25.7. The number of methoxy groups -OCH3 is 1. The lowest BCUT2D eigenvalue weighted by Crippen LogP contribution is -2.35. The van der Waals surface area contributed by atoms with Gasteiger partial charge in [-0.05, 0) is 59.0 Å². The number of carbonyl (C=O) groups excluding carboxylic acids is 1. The SMILES string of the molecule is COc1ccc2c(c1)[C@]1(C[C@H]1c1ccc3c(/C=C/c4ccc(CN5CCOCC5)cc4)n[nH]c3c1)C(=O)N2.Cl. The maximum atomic E-state index is 13.0. The molecular formula is C31H31ClN4O3. The fraction of sp³-hybridized carbons (Fsp3) is 0.290. The van der Waals surface area contributed by atoms with Gasteiger partial charge in [-0.2, -0.15) is 5.10 Å². The van der Waals surface area contributed by atoms with E-state index in [4.69, 9.17) is 9.47 Å². The number of rotatable bonds is 6. The summed E-state index contributed by atoms with van der Waals surface area (Å²) < 4.78 is 10.9. The van der Waals surface area contributed by atoms with Gasteiger partial charge in [0.1, 0.15) is 5.75 Å². The van der Waals surface area contributed by atoms with Gasteiger partial charge in [-0.15, -0.1) is 12.4 Å². The van der Waals surface area contributed by atoms with Crippen molar-refractivity contribution in [3.63, 3.8) is 0 Å². The first-order valence-corrected chi connectivity index (χ1v) is 13.2. The summed E-state index contributed by atoms with van der Waals surface area (Å²) in [7, 11) is 1.66. The van der Waals surface area contributed by atoms with Crippen LogP contribution in [0.1, 0.15) is 40.3 Å². The number of hydrogen-bond donors (Lipinski definition) is 2. The Balaban J connectivity index is 0.00000277. The number of benzene rings is 3. The summed E-state index contributed by atoms with van der Waals surface area (Å²) in [4.78, 5) is 15.4. The second-order valence-corrected chi connectivity index (χ2v) is 10.5. The van der Waals surface area contributed by atoms with Gasteiger partial charge in [-0.1, -0.05) is 42.5 Å². The summed E-state index contributed by atoms with van der Waals surface area (Å²) in [6.45, 7) is 4.59. The van der Waals surface area contributed by atoms with Crippen molar-refractivity contribution in [2.45, 2.75) is 24.3 Å². The molecule has 2 atom stereocenters. The second kappa shape index (κ2) is 10.2. The monoisotopic (exact) mass is 542 g/mol. The number of hydrogen-bond acceptors (Lipinski definition) is 5. The molecule has 200 valence electrons. The van der Waals surface area contributed by atoms with Gasteiger partial charge in [0, 0.05) is 36.6 Å². The molecular weight excluding hydrogens is 512 g/mol. The van der Waals surface area contributed by atoms with Gasteiger partial charge in [-0.25, -0.2) is 0 Å². The molecule has 2 N–H and O–H groups in total. The van der Waals surface area contributed by atoms with E-state index < -0.39 is 5.41 Å². The third-order valence-corrected chi connectivity index (χ3v) is 8.26. The number of carbonyl (C=O) groups is 1. The van der Waals surface area contributed by atoms with Gasteiger partial charge >= 0.3 is 0 Å². The molecule has 39 heavy (non-hydrogen) atoms. The molecule has 2 aliphatic heterocycles. The number of morpholine rings is 1. The molecule has 2 fully saturated rings. The number of amides is 1. The summed E-state index contributed by atoms with van der Waals surface area (Å²) in [5.41, 5.74) is 6.92. The molecule has 1 spiro atoms. The number of aromatic amines is 1. The smallest absolute Gasteiger partial charge is 0.235 e. The molecule has 0 unspecified atom stereocenters. The van der Waals surface area contributed by atoms with E-state index in [2.05, 4.69) is 75.0 Å². The Morgan fingerprint density at radius 1 is 1.08 bits per heavy atom. The first-order chi connectivity index (χ1) is 18.6. The first-order valence-electron chi connectivity index (χ1n) is 13.2. The van der Waals surface area contributed by atoms with E-state index in [1.165, 1.54) is 5.56 Å². The van der Waals surface area contributed by atoms with E-state index in [9.17, 15) is 4.79 Å². The highest BCUT2D eigenvalue weighted by atomic mass is 35.5. The van der Waals surface area contributed by atoms with Crippen molar-refractivity contribution in [3.8, 4) is 5.75 Å². The summed E-state index contributed by atoms with van der Waals surface area (Å²) in [5.74, 6) is 0.992. The highest BCUT2D eigenvalue weighted by molar-refractivity contribution is 6.10. The van der Waals surface area contributed by atoms with E-state index >= 15 is 0 Å². The van der Waals surface area contributed by atoms with Crippen molar-refractivity contribution >= 4 is 47.1 Å². The molecule has 1 aromatic heterocycles. The van der Waals surface area contributed by atoms with Crippen molar-refractivity contribution in [3.05, 3.63) is 88.6 Å². The number of halogens is 1. The Morgan fingerprint density at radius 2 is 1.90 bits per heavy atom. The summed E-state index contributed by atoms with van der Waals surface area (Å²) >= 11 is 0. The van der Waals surface area contributed by atoms with Crippen LogP contribution >= 0.6 is 12.4 Å². The second-order valence-electron chi connectivity index (χ2n) is 10.5. The van der Waals surface area contributed by atoms with Gasteiger partial charge in [-0.3, -0.25) is 14.8 Å². The average Bonchev–Trinajstić information content (AvgIpc) is 3.50. The van der Waals surface area contributed by atoms with Crippen molar-refractivity contribution in [2.24, 2.45) is 0 Å². The number of anilines is 1. The van der Waals surface area contributed by atoms with E-state index in [-0.39, 0.29) is 24.2 Å². The number of aromatic nitrogens is 2. The predicted octanol–water partition coefficient (Wildman–Crippen LogP) is 5.37. The predicted molar refractivity (Wildman–Crippen MR) is 155 cm³/mol. The Hall–Kier alpha value is -3.65. The Kier molecular flexibility index (Phi) is 6.67. The zero-order valence-electron chi connectivity index (χ0n) is 21.8. The van der Waals surface area contributed by atoms with Gasteiger partial charge < -0.3 is 14.8 Å². The summed E-state index contributed by atoms with van der Waals surface area (Å²) in [5, 5.41) is 11.9. The number of fused-ring (bicyclic) bond motifs is 3. The topological polar surface area (TPSA) is 79.5 Å². The van der Waals surface area contributed by atoms with Gasteiger partial charge in [0.25, 0.3) is 0 Å². The molecule has 7 nitrogen and oxygen atoms in total. The third kappa shape index (κ3) is 4.50. The van der Waals surface area contributed by atoms with Gasteiger partial charge in [0.2, 0.25) is 5.91 Å². The van der Waals surface area contributed by atoms with Crippen LogP contribution in [0.3, 0.4) is 0 Å². The Morgan fingerprint density at radius 3 is 2.69 bits per heavy atom. The number of nitrogens with zero attached hydrogens (tertiary/aromatic N) is 2. The van der Waals surface area contributed by atoms with Crippen molar-refractivity contribution in [1.29, 1.82) is 0 Å². The Bertz CT molecular complexity index is 1560. The van der Waals surface area contributed by atoms with Crippen molar-refractivity contribution < 1.29 is 14.3 Å². The fourth-order valence-corrected chi connectivity index (χ4v) is 6.03. The lowest BCUT2D eigenvalue weighted by molar-refractivity contribution is -0.118. The average molecular weight is 543 g/mol. The molecule has 0 radical (unpaired) electrons. The van der Waals surface area contributed by atoms with Crippen LogP contribution in [-0.2, 0) is 21.5 Å². The van der Waals surface area contributed by atoms with Crippen LogP contribution in [0.4, 0.5) is 5.69 Å². The standard InChI is InChI=1S/C31H30N4O3.ClH/c1-37-23-8-11-28-25(17-23)31(30(36)32-28)18-26(31)22-7-9-24-27(33-34-29(24)16-22)10-6-20-2-4-21(5-3-20)19-35-12-14-38-15-13-35;/h2-11,16-17,26H,12-15,18-19H2,1H3,(H,32,36)(H,33,34);1H/b10-6+;/t26-,31-;/m0./s1. The maximum Gasteiger partial charge on any atom is 0.235 e. The maximum absolute atomic E-state index is 13.0. The quantitative estimate of drug-likeness (QED) is 0.342. The molecule has 3 aliphatic rings. The van der Waals surface area contributed by atoms with E-state index in [0.29, 0.717) is 0 Å². The van der Waals surface area contributed by atoms with Crippen LogP contribution in [0, 0.1) is 0 Å². The zero-order valence-corrected chi connectivity index (χ0v) is 22.6. The highest BCUT2D eigenvalue weighted by Crippen LogP contribution is 2.65. The van der Waals surface area contributed by atoms with Gasteiger partial charge in [0.15, 0.2) is 0 Å². The summed E-state index contributed by atoms with van der Waals surface area (Å²) in [6.07, 6.45) is 4.96. The highest BCUT2D eigenvalue weighted by Gasteiger charge is 2.65. The first kappa shape index (κ1) is 25.6. The number of H-pyrrole nitrogens is 1. The van der Waals surface area contributed by atoms with Crippen LogP contribution in [0.25, 0.3) is 23.1 Å². The molecule has 7 rings (SSSR count). The minimum absolute atomic E-state index is 0. The van der Waals surface area contributed by atoms with Gasteiger partial charge in [0.05, 0.1) is 36.9 Å². The van der Waals surface area contributed by atoms with Crippen LogP contribution in [0.5, 0.6) is 5.75 Å². The van der Waals surface area contributed by atoms with E-state index in [0.717, 1.165) is 84.0 Å². The molecule has 1 saturated carbocycles. The minimum atomic E-state index is -0.506. The van der Waals surface area contributed by atoms with Crippen molar-refractivity contribution in [2.75, 3.05) is 38.7 Å². The largest absolute Gasteiger partial charge is 0.497 e. The summed E-state index contributed by atoms with van der Waals surface area (Å²) in [6, 6.07) is 20.9. The molecule has 0 bridgehead atoms. The molecule has 4 aromatic rings. The molecule has 8 heteroatoms.